The Morgan fingerprint density at radius 3 is 2.38 bits per heavy atom. The maximum atomic E-state index is 11.9. The van der Waals surface area contributed by atoms with Gasteiger partial charge in [0.15, 0.2) is 6.29 Å². The van der Waals surface area contributed by atoms with Crippen LogP contribution in [0.5, 0.6) is 0 Å². The quantitative estimate of drug-likeness (QED) is 0.326. The maximum absolute atomic E-state index is 11.9. The number of hydrogen-bond donors (Lipinski definition) is 6. The van der Waals surface area contributed by atoms with Gasteiger partial charge in [-0.25, -0.2) is 0 Å². The monoisotopic (exact) mass is 482 g/mol. The fourth-order valence-electron chi connectivity index (χ4n) is 8.57. The number of hydrogen-bond acceptors (Lipinski definition) is 8. The zero-order valence-corrected chi connectivity index (χ0v) is 20.6. The Bertz CT molecular complexity index is 830. The molecule has 4 saturated carbocycles. The molecule has 1 aliphatic heterocycles. The van der Waals surface area contributed by atoms with Crippen molar-refractivity contribution in [2.45, 2.75) is 114 Å². The summed E-state index contributed by atoms with van der Waals surface area (Å²) in [6.45, 7) is 9.97. The summed E-state index contributed by atoms with van der Waals surface area (Å²) >= 11 is 0. The van der Waals surface area contributed by atoms with Gasteiger partial charge in [0.2, 0.25) is 0 Å². The van der Waals surface area contributed by atoms with Crippen LogP contribution in [0.4, 0.5) is 0 Å². The SMILES string of the molecule is C=C1[C@H]2C[C@H](O)C(C)(C)[C@]2(O)CC[C@@]23C[C@@H](CC[C@@H]12)[C@](C)(O[C@@H]1O[C@H](CO)[C@@H](O)[C@H](O)[C@H]1O)C3. The third-order valence-electron chi connectivity index (χ3n) is 10.9. The van der Waals surface area contributed by atoms with E-state index in [1.807, 2.05) is 20.8 Å². The number of ether oxygens (including phenoxy) is 2. The zero-order chi connectivity index (χ0) is 24.8. The predicted octanol–water partition coefficient (Wildman–Crippen LogP) is 0.856. The molecule has 5 fully saturated rings. The van der Waals surface area contributed by atoms with Crippen LogP contribution >= 0.6 is 0 Å². The minimum atomic E-state index is -1.47. The van der Waals surface area contributed by atoms with Crippen molar-refractivity contribution < 1.29 is 40.1 Å². The van der Waals surface area contributed by atoms with Crippen molar-refractivity contribution in [3.8, 4) is 0 Å². The molecule has 2 bridgehead atoms. The van der Waals surface area contributed by atoms with Crippen molar-refractivity contribution in [1.82, 2.24) is 0 Å². The number of rotatable bonds is 3. The van der Waals surface area contributed by atoms with Crippen LogP contribution < -0.4 is 0 Å². The summed E-state index contributed by atoms with van der Waals surface area (Å²) in [5.41, 5.74) is -1.27. The first-order valence-corrected chi connectivity index (χ1v) is 12.9. The first kappa shape index (κ1) is 25.1. The van der Waals surface area contributed by atoms with Crippen molar-refractivity contribution in [1.29, 1.82) is 0 Å². The van der Waals surface area contributed by atoms with Crippen LogP contribution in [0.25, 0.3) is 0 Å². The Balaban J connectivity index is 1.41. The Morgan fingerprint density at radius 2 is 1.71 bits per heavy atom. The molecule has 1 spiro atoms. The highest BCUT2D eigenvalue weighted by atomic mass is 16.7. The van der Waals surface area contributed by atoms with Gasteiger partial charge in [0, 0.05) is 11.3 Å². The summed E-state index contributed by atoms with van der Waals surface area (Å²) in [5, 5.41) is 63.1. The number of fused-ring (bicyclic) bond motifs is 2. The van der Waals surface area contributed by atoms with E-state index in [1.165, 1.54) is 0 Å². The molecular weight excluding hydrogens is 440 g/mol. The van der Waals surface area contributed by atoms with Gasteiger partial charge < -0.3 is 40.1 Å². The van der Waals surface area contributed by atoms with E-state index in [-0.39, 0.29) is 23.2 Å². The zero-order valence-electron chi connectivity index (χ0n) is 20.6. The number of aliphatic hydroxyl groups is 6. The topological polar surface area (TPSA) is 140 Å². The van der Waals surface area contributed by atoms with Crippen LogP contribution in [0, 0.1) is 28.6 Å². The van der Waals surface area contributed by atoms with Crippen molar-refractivity contribution in [2.24, 2.45) is 28.6 Å². The van der Waals surface area contributed by atoms with Crippen molar-refractivity contribution in [3.63, 3.8) is 0 Å². The third-order valence-corrected chi connectivity index (χ3v) is 10.9. The Hall–Kier alpha value is -0.580. The summed E-state index contributed by atoms with van der Waals surface area (Å²) in [4.78, 5) is 0. The lowest BCUT2D eigenvalue weighted by atomic mass is 9.63. The highest BCUT2D eigenvalue weighted by Crippen LogP contribution is 2.69. The lowest BCUT2D eigenvalue weighted by Crippen LogP contribution is -2.60. The minimum Gasteiger partial charge on any atom is -0.394 e. The van der Waals surface area contributed by atoms with Gasteiger partial charge in [-0.15, -0.1) is 0 Å². The molecule has 34 heavy (non-hydrogen) atoms. The van der Waals surface area contributed by atoms with Crippen LogP contribution in [0.1, 0.15) is 65.7 Å². The fraction of sp³-hybridized carbons (Fsp3) is 0.923. The van der Waals surface area contributed by atoms with E-state index in [1.54, 1.807) is 0 Å². The largest absolute Gasteiger partial charge is 0.394 e. The first-order valence-electron chi connectivity index (χ1n) is 12.9. The summed E-state index contributed by atoms with van der Waals surface area (Å²) in [7, 11) is 0. The predicted molar refractivity (Wildman–Crippen MR) is 122 cm³/mol. The fourth-order valence-corrected chi connectivity index (χ4v) is 8.57. The molecule has 1 saturated heterocycles. The van der Waals surface area contributed by atoms with Gasteiger partial charge in [-0.3, -0.25) is 0 Å². The average Bonchev–Trinajstić information content (AvgIpc) is 3.07. The van der Waals surface area contributed by atoms with Gasteiger partial charge in [-0.1, -0.05) is 26.0 Å². The Labute approximate surface area is 201 Å². The summed E-state index contributed by atoms with van der Waals surface area (Å²) in [6.07, 6.45) is -1.57. The Kier molecular flexibility index (Phi) is 5.87. The van der Waals surface area contributed by atoms with E-state index in [4.69, 9.17) is 9.47 Å². The molecule has 0 unspecified atom stereocenters. The number of aliphatic hydroxyl groups excluding tert-OH is 5. The van der Waals surface area contributed by atoms with Crippen LogP contribution in [0.3, 0.4) is 0 Å². The van der Waals surface area contributed by atoms with Crippen molar-refractivity contribution in [2.75, 3.05) is 6.61 Å². The molecule has 0 amide bonds. The van der Waals surface area contributed by atoms with Crippen molar-refractivity contribution >= 4 is 0 Å². The second-order valence-corrected chi connectivity index (χ2v) is 12.7. The molecule has 12 atom stereocenters. The summed E-state index contributed by atoms with van der Waals surface area (Å²) in [6, 6.07) is 0. The van der Waals surface area contributed by atoms with E-state index < -0.39 is 60.0 Å². The second kappa shape index (κ2) is 7.96. The molecule has 4 aliphatic carbocycles. The minimum absolute atomic E-state index is 0.0933. The van der Waals surface area contributed by atoms with Gasteiger partial charge in [0.25, 0.3) is 0 Å². The summed E-state index contributed by atoms with van der Waals surface area (Å²) in [5.74, 6) is 0.316. The molecular formula is C26H42O8. The Morgan fingerprint density at radius 1 is 1.00 bits per heavy atom. The molecule has 0 aromatic carbocycles. The van der Waals surface area contributed by atoms with E-state index in [9.17, 15) is 30.6 Å². The molecule has 5 aliphatic rings. The smallest absolute Gasteiger partial charge is 0.187 e. The van der Waals surface area contributed by atoms with Gasteiger partial charge in [-0.2, -0.15) is 0 Å². The van der Waals surface area contributed by atoms with Gasteiger partial charge in [0.1, 0.15) is 24.4 Å². The lowest BCUT2D eigenvalue weighted by molar-refractivity contribution is -0.329. The van der Waals surface area contributed by atoms with Gasteiger partial charge in [0.05, 0.1) is 23.9 Å². The molecule has 0 aromatic heterocycles. The molecule has 0 radical (unpaired) electrons. The average molecular weight is 483 g/mol. The van der Waals surface area contributed by atoms with E-state index in [2.05, 4.69) is 6.58 Å². The lowest BCUT2D eigenvalue weighted by Gasteiger charge is -2.44. The molecule has 8 nitrogen and oxygen atoms in total. The van der Waals surface area contributed by atoms with Crippen LogP contribution in [0.2, 0.25) is 0 Å². The van der Waals surface area contributed by atoms with Crippen LogP contribution in [0.15, 0.2) is 12.2 Å². The molecule has 1 heterocycles. The van der Waals surface area contributed by atoms with Gasteiger partial charge >= 0.3 is 0 Å². The third kappa shape index (κ3) is 3.26. The molecule has 194 valence electrons. The maximum Gasteiger partial charge on any atom is 0.187 e. The van der Waals surface area contributed by atoms with Crippen LogP contribution in [-0.2, 0) is 9.47 Å². The second-order valence-electron chi connectivity index (χ2n) is 12.7. The molecule has 6 N–H and O–H groups in total. The summed E-state index contributed by atoms with van der Waals surface area (Å²) < 4.78 is 12.1. The highest BCUT2D eigenvalue weighted by Gasteiger charge is 2.67. The van der Waals surface area contributed by atoms with E-state index in [0.29, 0.717) is 12.8 Å². The molecule has 5 rings (SSSR count). The first-order chi connectivity index (χ1) is 15.8. The van der Waals surface area contributed by atoms with Gasteiger partial charge in [-0.05, 0) is 69.1 Å². The van der Waals surface area contributed by atoms with Crippen LogP contribution in [-0.4, -0.2) is 85.3 Å². The van der Waals surface area contributed by atoms with E-state index >= 15 is 0 Å². The molecule has 8 heteroatoms. The van der Waals surface area contributed by atoms with Crippen molar-refractivity contribution in [3.05, 3.63) is 12.2 Å². The normalized spacial score (nSPS) is 56.6. The highest BCUT2D eigenvalue weighted by molar-refractivity contribution is 5.28. The van der Waals surface area contributed by atoms with E-state index in [0.717, 1.165) is 37.7 Å². The standard InChI is InChI=1S/C26H42O8/c1-13-15-6-5-14-10-25(15,7-8-26(32)16(13)9-18(28)23(26,2)3)12-24(14,4)34-22-21(31)20(30)19(29)17(11-27)33-22/h14-22,27-32H,1,5-12H2,2-4H3/t14-,15+,16-,17-,18+,19-,20+,21-,22+,24-,25+,26+/m1/s1. The molecule has 0 aromatic rings.